The number of aliphatic hydroxyl groups is 1. The van der Waals surface area contributed by atoms with Gasteiger partial charge < -0.3 is 21.1 Å². The molecular formula is C27H37N5O2. The van der Waals surface area contributed by atoms with E-state index in [4.69, 9.17) is 4.98 Å². The average molecular weight is 464 g/mol. The maximum absolute atomic E-state index is 12.2. The zero-order chi connectivity index (χ0) is 23.7. The maximum Gasteiger partial charge on any atom is 0.229 e. The van der Waals surface area contributed by atoms with E-state index in [0.717, 1.165) is 54.2 Å². The summed E-state index contributed by atoms with van der Waals surface area (Å²) in [5.41, 5.74) is 2.86. The van der Waals surface area contributed by atoms with Crippen molar-refractivity contribution in [3.63, 3.8) is 0 Å². The molecule has 2 unspecified atom stereocenters. The number of aromatic nitrogens is 2. The Kier molecular flexibility index (Phi) is 6.73. The summed E-state index contributed by atoms with van der Waals surface area (Å²) < 4.78 is 0. The van der Waals surface area contributed by atoms with Gasteiger partial charge in [-0.3, -0.25) is 4.79 Å². The Morgan fingerprint density at radius 2 is 1.91 bits per heavy atom. The molecule has 0 saturated heterocycles. The Bertz CT molecular complexity index is 1010. The summed E-state index contributed by atoms with van der Waals surface area (Å²) >= 11 is 0. The van der Waals surface area contributed by atoms with Crippen LogP contribution in [0.25, 0.3) is 0 Å². The predicted molar refractivity (Wildman–Crippen MR) is 134 cm³/mol. The van der Waals surface area contributed by atoms with E-state index in [0.29, 0.717) is 36.3 Å². The number of nitrogens with zero attached hydrogens (tertiary/aromatic N) is 2. The molecule has 0 spiro atoms. The Hall–Kier alpha value is -2.67. The van der Waals surface area contributed by atoms with Gasteiger partial charge in [-0.05, 0) is 80.9 Å². The van der Waals surface area contributed by atoms with Crippen LogP contribution in [0.5, 0.6) is 0 Å². The van der Waals surface area contributed by atoms with Gasteiger partial charge in [-0.25, -0.2) is 4.98 Å². The fraction of sp³-hybridized carbons (Fsp3) is 0.593. The van der Waals surface area contributed by atoms with Crippen LogP contribution in [0.1, 0.15) is 63.0 Å². The number of anilines is 3. The molecule has 1 heterocycles. The number of hydrogen-bond acceptors (Lipinski definition) is 6. The van der Waals surface area contributed by atoms with Crippen LogP contribution >= 0.6 is 0 Å². The highest BCUT2D eigenvalue weighted by atomic mass is 16.3. The fourth-order valence-corrected chi connectivity index (χ4v) is 5.87. The second kappa shape index (κ2) is 9.90. The molecule has 2 aromatic rings. The molecule has 3 aliphatic rings. The van der Waals surface area contributed by atoms with E-state index < -0.39 is 0 Å². The van der Waals surface area contributed by atoms with Crippen molar-refractivity contribution in [2.75, 3.05) is 10.6 Å². The molecule has 1 aromatic heterocycles. The summed E-state index contributed by atoms with van der Waals surface area (Å²) in [6.45, 7) is 4.32. The van der Waals surface area contributed by atoms with E-state index in [1.807, 2.05) is 37.4 Å². The maximum atomic E-state index is 12.2. The highest BCUT2D eigenvalue weighted by Crippen LogP contribution is 2.45. The standard InChI is InChI=1S/C27H37N5O2/c1-3-17-9-19-13-23(33)14-20(10-17)25(19)31-26-16(2)15-28-27(32-26)30-22-6-4-5-18(11-22)12-24(34)29-21-7-8-21/h4-6,11,15,17,19-21,23,25,33H,3,7-10,12-14H2,1-2H3,(H,29,34)(H2,28,30,31,32). The second-order valence-corrected chi connectivity index (χ2v) is 10.6. The van der Waals surface area contributed by atoms with Gasteiger partial charge in [0.15, 0.2) is 0 Å². The number of aryl methyl sites for hydroxylation is 1. The first kappa shape index (κ1) is 23.1. The van der Waals surface area contributed by atoms with Crippen LogP contribution in [0.15, 0.2) is 30.5 Å². The zero-order valence-corrected chi connectivity index (χ0v) is 20.3. The Morgan fingerprint density at radius 1 is 1.15 bits per heavy atom. The van der Waals surface area contributed by atoms with Crippen LogP contribution in [0.3, 0.4) is 0 Å². The topological polar surface area (TPSA) is 99.2 Å². The number of hydrogen-bond donors (Lipinski definition) is 4. The molecule has 3 aliphatic carbocycles. The molecule has 3 saturated carbocycles. The molecule has 1 amide bonds. The first-order valence-electron chi connectivity index (χ1n) is 12.9. The predicted octanol–water partition coefficient (Wildman–Crippen LogP) is 4.34. The Morgan fingerprint density at radius 3 is 2.62 bits per heavy atom. The van der Waals surface area contributed by atoms with Gasteiger partial charge in [-0.1, -0.05) is 25.5 Å². The number of benzene rings is 1. The van der Waals surface area contributed by atoms with E-state index >= 15 is 0 Å². The van der Waals surface area contributed by atoms with Crippen molar-refractivity contribution in [3.05, 3.63) is 41.6 Å². The lowest BCUT2D eigenvalue weighted by molar-refractivity contribution is -0.120. The van der Waals surface area contributed by atoms with Crippen LogP contribution in [-0.2, 0) is 11.2 Å². The first-order chi connectivity index (χ1) is 16.5. The van der Waals surface area contributed by atoms with E-state index in [1.54, 1.807) is 0 Å². The van der Waals surface area contributed by atoms with E-state index in [9.17, 15) is 9.90 Å². The summed E-state index contributed by atoms with van der Waals surface area (Å²) in [4.78, 5) is 21.5. The quantitative estimate of drug-likeness (QED) is 0.465. The minimum absolute atomic E-state index is 0.0752. The van der Waals surface area contributed by atoms with Crippen molar-refractivity contribution in [2.24, 2.45) is 17.8 Å². The summed E-state index contributed by atoms with van der Waals surface area (Å²) in [6.07, 6.45) is 9.58. The van der Waals surface area contributed by atoms with Crippen molar-refractivity contribution in [1.29, 1.82) is 0 Å². The lowest BCUT2D eigenvalue weighted by Crippen LogP contribution is -2.49. The average Bonchev–Trinajstić information content (AvgIpc) is 3.60. The van der Waals surface area contributed by atoms with Crippen LogP contribution in [-0.4, -0.2) is 39.2 Å². The highest BCUT2D eigenvalue weighted by Gasteiger charge is 2.43. The lowest BCUT2D eigenvalue weighted by atomic mass is 9.63. The van der Waals surface area contributed by atoms with Crippen molar-refractivity contribution < 1.29 is 9.90 Å². The fourth-order valence-electron chi connectivity index (χ4n) is 5.87. The molecule has 182 valence electrons. The molecular weight excluding hydrogens is 426 g/mol. The minimum atomic E-state index is -0.173. The molecule has 4 N–H and O–H groups in total. The summed E-state index contributed by atoms with van der Waals surface area (Å²) in [7, 11) is 0. The van der Waals surface area contributed by atoms with Gasteiger partial charge in [-0.15, -0.1) is 0 Å². The number of aliphatic hydroxyl groups excluding tert-OH is 1. The number of fused-ring (bicyclic) bond motifs is 2. The molecule has 1 aromatic carbocycles. The third kappa shape index (κ3) is 5.52. The first-order valence-corrected chi connectivity index (χ1v) is 12.9. The van der Waals surface area contributed by atoms with Gasteiger partial charge in [-0.2, -0.15) is 4.98 Å². The summed E-state index contributed by atoms with van der Waals surface area (Å²) in [6, 6.07) is 8.60. The number of carbonyl (C=O) groups excluding carboxylic acids is 1. The summed E-state index contributed by atoms with van der Waals surface area (Å²) in [5, 5.41) is 20.5. The third-order valence-corrected chi connectivity index (χ3v) is 7.78. The smallest absolute Gasteiger partial charge is 0.229 e. The normalized spacial score (nSPS) is 28.3. The van der Waals surface area contributed by atoms with Crippen molar-refractivity contribution in [1.82, 2.24) is 15.3 Å². The highest BCUT2D eigenvalue weighted by molar-refractivity contribution is 5.79. The van der Waals surface area contributed by atoms with Gasteiger partial charge in [0.05, 0.1) is 12.5 Å². The van der Waals surface area contributed by atoms with E-state index in [1.165, 1.54) is 19.3 Å². The minimum Gasteiger partial charge on any atom is -0.393 e. The molecule has 2 atom stereocenters. The molecule has 5 rings (SSSR count). The molecule has 34 heavy (non-hydrogen) atoms. The Labute approximate surface area is 202 Å². The van der Waals surface area contributed by atoms with Crippen LogP contribution < -0.4 is 16.0 Å². The van der Waals surface area contributed by atoms with Crippen LogP contribution in [0.4, 0.5) is 17.5 Å². The lowest BCUT2D eigenvalue weighted by Gasteiger charge is -2.47. The van der Waals surface area contributed by atoms with Crippen LogP contribution in [0.2, 0.25) is 0 Å². The number of nitrogens with one attached hydrogen (secondary N) is 3. The van der Waals surface area contributed by atoms with E-state index in [-0.39, 0.29) is 12.0 Å². The van der Waals surface area contributed by atoms with Crippen molar-refractivity contribution in [3.8, 4) is 0 Å². The van der Waals surface area contributed by atoms with Gasteiger partial charge in [0.25, 0.3) is 0 Å². The zero-order valence-electron chi connectivity index (χ0n) is 20.3. The third-order valence-electron chi connectivity index (χ3n) is 7.78. The molecule has 7 nitrogen and oxygen atoms in total. The van der Waals surface area contributed by atoms with Gasteiger partial charge in [0.2, 0.25) is 11.9 Å². The molecule has 7 heteroatoms. The molecule has 0 radical (unpaired) electrons. The molecule has 0 aliphatic heterocycles. The van der Waals surface area contributed by atoms with Gasteiger partial charge >= 0.3 is 0 Å². The van der Waals surface area contributed by atoms with Crippen molar-refractivity contribution >= 4 is 23.4 Å². The number of carbonyl (C=O) groups is 1. The number of amides is 1. The van der Waals surface area contributed by atoms with Gasteiger partial charge in [0, 0.05) is 29.5 Å². The molecule has 2 bridgehead atoms. The molecule has 3 fully saturated rings. The Balaban J connectivity index is 1.27. The van der Waals surface area contributed by atoms with Crippen molar-refractivity contribution in [2.45, 2.75) is 83.4 Å². The second-order valence-electron chi connectivity index (χ2n) is 10.6. The SMILES string of the molecule is CCC1CC2CC(O)CC(C1)C2Nc1nc(Nc2cccc(CC(=O)NC3CC3)c2)ncc1C. The van der Waals surface area contributed by atoms with Crippen LogP contribution in [0, 0.1) is 24.7 Å². The largest absolute Gasteiger partial charge is 0.393 e. The summed E-state index contributed by atoms with van der Waals surface area (Å²) in [5.74, 6) is 3.21. The van der Waals surface area contributed by atoms with E-state index in [2.05, 4.69) is 27.9 Å². The number of rotatable bonds is 8. The monoisotopic (exact) mass is 463 g/mol. The van der Waals surface area contributed by atoms with Gasteiger partial charge in [0.1, 0.15) is 5.82 Å².